The van der Waals surface area contributed by atoms with Gasteiger partial charge in [-0.15, -0.1) is 10.2 Å². The summed E-state index contributed by atoms with van der Waals surface area (Å²) in [5.74, 6) is 2.57. The smallest absolute Gasteiger partial charge is 0.230 e. The van der Waals surface area contributed by atoms with E-state index in [4.69, 9.17) is 5.73 Å². The lowest BCUT2D eigenvalue weighted by atomic mass is 9.84. The summed E-state index contributed by atoms with van der Waals surface area (Å²) < 4.78 is 1.44. The maximum Gasteiger partial charge on any atom is 0.230 e. The minimum absolute atomic E-state index is 0.0526. The summed E-state index contributed by atoms with van der Waals surface area (Å²) in [5.41, 5.74) is 5.10. The molecule has 1 aromatic rings. The predicted octanol–water partition coefficient (Wildman–Crippen LogP) is 2.15. The minimum atomic E-state index is -0.376. The van der Waals surface area contributed by atoms with Gasteiger partial charge in [-0.3, -0.25) is 9.59 Å². The van der Waals surface area contributed by atoms with Crippen molar-refractivity contribution in [2.75, 3.05) is 11.5 Å². The fraction of sp³-hybridized carbons (Fsp3) is 0.733. The van der Waals surface area contributed by atoms with Crippen molar-refractivity contribution in [3.8, 4) is 0 Å². The molecule has 24 heavy (non-hydrogen) atoms. The molecule has 0 saturated heterocycles. The van der Waals surface area contributed by atoms with Gasteiger partial charge in [-0.05, 0) is 43.9 Å². The molecular weight excluding hydrogens is 364 g/mol. The topological polar surface area (TPSA) is 98.0 Å². The molecule has 0 radical (unpaired) electrons. The molecule has 1 heterocycles. The van der Waals surface area contributed by atoms with Gasteiger partial charge in [-0.2, -0.15) is 0 Å². The number of primary amides is 1. The number of fused-ring (bicyclic) bond motifs is 2. The third-order valence-corrected chi connectivity index (χ3v) is 8.09. The molecule has 2 fully saturated rings. The van der Waals surface area contributed by atoms with Gasteiger partial charge in [0.2, 0.25) is 11.8 Å². The van der Waals surface area contributed by atoms with Crippen molar-refractivity contribution in [1.82, 2.24) is 15.5 Å². The number of carbonyl (C=O) groups excluding carboxylic acids is 2. The number of nitrogens with two attached hydrogens (primary N) is 1. The van der Waals surface area contributed by atoms with Crippen LogP contribution in [0.5, 0.6) is 0 Å². The van der Waals surface area contributed by atoms with Gasteiger partial charge in [-0.25, -0.2) is 0 Å². The first-order valence-corrected chi connectivity index (χ1v) is 11.0. The van der Waals surface area contributed by atoms with E-state index < -0.39 is 0 Å². The number of nitrogens with one attached hydrogen (secondary N) is 1. The third kappa shape index (κ3) is 4.64. The molecule has 132 valence electrons. The highest BCUT2D eigenvalue weighted by molar-refractivity contribution is 8.03. The SMILES string of the molecule is CC(NC(=O)CSc1nnc(SCC(N)=O)s1)C1CC2CCC1C2. The van der Waals surface area contributed by atoms with E-state index in [-0.39, 0.29) is 23.6 Å². The van der Waals surface area contributed by atoms with Crippen LogP contribution in [0.2, 0.25) is 0 Å². The lowest BCUT2D eigenvalue weighted by Crippen LogP contribution is -2.40. The summed E-state index contributed by atoms with van der Waals surface area (Å²) in [6, 6.07) is 0.254. The lowest BCUT2D eigenvalue weighted by Gasteiger charge is -2.28. The largest absolute Gasteiger partial charge is 0.369 e. The van der Waals surface area contributed by atoms with Crippen LogP contribution in [0.25, 0.3) is 0 Å². The summed E-state index contributed by atoms with van der Waals surface area (Å²) in [7, 11) is 0. The number of thioether (sulfide) groups is 2. The van der Waals surface area contributed by atoms with Gasteiger partial charge < -0.3 is 11.1 Å². The van der Waals surface area contributed by atoms with Crippen LogP contribution >= 0.6 is 34.9 Å². The highest BCUT2D eigenvalue weighted by atomic mass is 32.2. The molecule has 6 nitrogen and oxygen atoms in total. The molecule has 1 aromatic heterocycles. The summed E-state index contributed by atoms with van der Waals surface area (Å²) >= 11 is 4.05. The molecule has 0 spiro atoms. The van der Waals surface area contributed by atoms with Crippen molar-refractivity contribution in [1.29, 1.82) is 0 Å². The lowest BCUT2D eigenvalue weighted by molar-refractivity contribution is -0.119. The molecule has 3 rings (SSSR count). The van der Waals surface area contributed by atoms with Crippen LogP contribution in [0, 0.1) is 17.8 Å². The van der Waals surface area contributed by atoms with Crippen molar-refractivity contribution < 1.29 is 9.59 Å². The molecule has 2 bridgehead atoms. The van der Waals surface area contributed by atoms with Crippen LogP contribution in [0.15, 0.2) is 8.68 Å². The van der Waals surface area contributed by atoms with Crippen LogP contribution < -0.4 is 11.1 Å². The monoisotopic (exact) mass is 386 g/mol. The van der Waals surface area contributed by atoms with Gasteiger partial charge in [0.15, 0.2) is 8.68 Å². The van der Waals surface area contributed by atoms with Gasteiger partial charge in [-0.1, -0.05) is 41.3 Å². The second-order valence-electron chi connectivity index (χ2n) is 6.57. The first-order valence-electron chi connectivity index (χ1n) is 8.18. The van der Waals surface area contributed by atoms with Crippen LogP contribution in [0.4, 0.5) is 0 Å². The number of carbonyl (C=O) groups is 2. The molecule has 2 saturated carbocycles. The van der Waals surface area contributed by atoms with E-state index in [1.54, 1.807) is 0 Å². The number of amides is 2. The van der Waals surface area contributed by atoms with E-state index in [0.717, 1.165) is 16.2 Å². The Balaban J connectivity index is 1.40. The van der Waals surface area contributed by atoms with Crippen molar-refractivity contribution in [2.45, 2.75) is 47.3 Å². The van der Waals surface area contributed by atoms with E-state index in [9.17, 15) is 9.59 Å². The fourth-order valence-corrected chi connectivity index (χ4v) is 6.45. The molecule has 4 atom stereocenters. The second kappa shape index (κ2) is 8.05. The summed E-state index contributed by atoms with van der Waals surface area (Å²) in [4.78, 5) is 22.9. The summed E-state index contributed by atoms with van der Waals surface area (Å²) in [5, 5.41) is 11.2. The van der Waals surface area contributed by atoms with Crippen molar-refractivity contribution in [2.24, 2.45) is 23.5 Å². The van der Waals surface area contributed by atoms with Crippen LogP contribution in [0.1, 0.15) is 32.6 Å². The molecule has 2 aliphatic rings. The highest BCUT2D eigenvalue weighted by Gasteiger charge is 2.42. The van der Waals surface area contributed by atoms with E-state index in [1.165, 1.54) is 60.5 Å². The zero-order valence-corrected chi connectivity index (χ0v) is 16.0. The molecule has 2 amide bonds. The van der Waals surface area contributed by atoms with Gasteiger partial charge >= 0.3 is 0 Å². The molecule has 2 aliphatic carbocycles. The van der Waals surface area contributed by atoms with Crippen LogP contribution in [-0.2, 0) is 9.59 Å². The Kier molecular flexibility index (Phi) is 6.04. The third-order valence-electron chi connectivity index (χ3n) is 4.88. The van der Waals surface area contributed by atoms with Crippen LogP contribution in [-0.4, -0.2) is 39.6 Å². The van der Waals surface area contributed by atoms with Gasteiger partial charge in [0.05, 0.1) is 11.5 Å². The van der Waals surface area contributed by atoms with Crippen LogP contribution in [0.3, 0.4) is 0 Å². The molecule has 3 N–H and O–H groups in total. The Morgan fingerprint density at radius 1 is 1.25 bits per heavy atom. The Hall–Kier alpha value is -0.800. The predicted molar refractivity (Wildman–Crippen MR) is 97.1 cm³/mol. The quantitative estimate of drug-likeness (QED) is 0.664. The fourth-order valence-electron chi connectivity index (χ4n) is 3.88. The Morgan fingerprint density at radius 2 is 1.96 bits per heavy atom. The van der Waals surface area contributed by atoms with Crippen molar-refractivity contribution in [3.05, 3.63) is 0 Å². The molecule has 4 unspecified atom stereocenters. The van der Waals surface area contributed by atoms with E-state index in [1.807, 2.05) is 0 Å². The first-order chi connectivity index (χ1) is 11.5. The number of hydrogen-bond acceptors (Lipinski definition) is 7. The molecular formula is C15H22N4O2S3. The maximum absolute atomic E-state index is 12.2. The summed E-state index contributed by atoms with van der Waals surface area (Å²) in [6.07, 6.45) is 5.35. The second-order valence-corrected chi connectivity index (χ2v) is 9.99. The standard InChI is InChI=1S/C15H22N4O2S3/c1-8(11-5-9-2-3-10(11)4-9)17-13(21)7-23-15-19-18-14(24-15)22-6-12(16)20/h8-11H,2-7H2,1H3,(H2,16,20)(H,17,21). The Morgan fingerprint density at radius 3 is 2.54 bits per heavy atom. The number of rotatable bonds is 8. The zero-order chi connectivity index (χ0) is 17.1. The molecule has 0 aromatic carbocycles. The highest BCUT2D eigenvalue weighted by Crippen LogP contribution is 2.49. The van der Waals surface area contributed by atoms with E-state index in [2.05, 4.69) is 22.4 Å². The zero-order valence-electron chi connectivity index (χ0n) is 13.6. The minimum Gasteiger partial charge on any atom is -0.369 e. The van der Waals surface area contributed by atoms with E-state index >= 15 is 0 Å². The molecule has 0 aliphatic heterocycles. The van der Waals surface area contributed by atoms with E-state index in [0.29, 0.717) is 16.0 Å². The van der Waals surface area contributed by atoms with Gasteiger partial charge in [0.25, 0.3) is 0 Å². The maximum atomic E-state index is 12.2. The number of aromatic nitrogens is 2. The Labute approximate surface area is 154 Å². The normalized spacial score (nSPS) is 26.5. The van der Waals surface area contributed by atoms with Crippen molar-refractivity contribution >= 4 is 46.7 Å². The number of nitrogens with zero attached hydrogens (tertiary/aromatic N) is 2. The van der Waals surface area contributed by atoms with Crippen molar-refractivity contribution in [3.63, 3.8) is 0 Å². The summed E-state index contributed by atoms with van der Waals surface area (Å²) in [6.45, 7) is 2.14. The Bertz CT molecular complexity index is 609. The average Bonchev–Trinajstić information content (AvgIpc) is 3.27. The van der Waals surface area contributed by atoms with Gasteiger partial charge in [0.1, 0.15) is 0 Å². The number of hydrogen-bond donors (Lipinski definition) is 2. The first kappa shape index (κ1) is 18.0. The average molecular weight is 387 g/mol. The molecule has 9 heteroatoms. The van der Waals surface area contributed by atoms with Gasteiger partial charge in [0, 0.05) is 6.04 Å².